The van der Waals surface area contributed by atoms with Crippen LogP contribution in [0.25, 0.3) is 0 Å². The van der Waals surface area contributed by atoms with Gasteiger partial charge in [-0.05, 0) is 90.5 Å². The van der Waals surface area contributed by atoms with E-state index in [-0.39, 0.29) is 11.9 Å². The van der Waals surface area contributed by atoms with Crippen LogP contribution in [0.5, 0.6) is 5.75 Å². The number of benzene rings is 1. The number of carbonyl (C=O) groups excluding carboxylic acids is 1. The van der Waals surface area contributed by atoms with Crippen molar-refractivity contribution < 1.29 is 9.53 Å². The summed E-state index contributed by atoms with van der Waals surface area (Å²) in [6.45, 7) is 3.13. The molecule has 1 aliphatic heterocycles. The van der Waals surface area contributed by atoms with E-state index in [0.29, 0.717) is 11.6 Å². The summed E-state index contributed by atoms with van der Waals surface area (Å²) in [6, 6.07) is 16.0. The number of ether oxygens (including phenoxy) is 1. The van der Waals surface area contributed by atoms with Crippen LogP contribution in [0.15, 0.2) is 65.5 Å². The minimum absolute atomic E-state index is 0.0146. The summed E-state index contributed by atoms with van der Waals surface area (Å²) in [6.07, 6.45) is 4.65. The number of nitrogens with zero attached hydrogens (tertiary/aromatic N) is 3. The molecule has 0 radical (unpaired) electrons. The zero-order chi connectivity index (χ0) is 22.3. The summed E-state index contributed by atoms with van der Waals surface area (Å²) in [7, 11) is 3.62. The first-order valence-corrected chi connectivity index (χ1v) is 12.1. The lowest BCUT2D eigenvalue weighted by Gasteiger charge is -2.40. The molecule has 0 spiro atoms. The largest absolute Gasteiger partial charge is 0.497 e. The molecule has 32 heavy (non-hydrogen) atoms. The van der Waals surface area contributed by atoms with Gasteiger partial charge < -0.3 is 9.64 Å². The number of likely N-dealkylation sites (tertiary alicyclic amines) is 1. The molecule has 5 nitrogen and oxygen atoms in total. The molecule has 168 valence electrons. The van der Waals surface area contributed by atoms with E-state index in [9.17, 15) is 4.79 Å². The number of methoxy groups -OCH3 is 1. The molecule has 1 saturated heterocycles. The van der Waals surface area contributed by atoms with Crippen LogP contribution in [0, 0.1) is 5.92 Å². The Kier molecular flexibility index (Phi) is 7.55. The third-order valence-electron chi connectivity index (χ3n) is 6.44. The lowest BCUT2D eigenvalue weighted by atomic mass is 9.84. The number of hydrogen-bond acceptors (Lipinski definition) is 5. The molecular weight excluding hydrogens is 418 g/mol. The number of pyridine rings is 1. The highest BCUT2D eigenvalue weighted by molar-refractivity contribution is 7.07. The van der Waals surface area contributed by atoms with E-state index in [0.717, 1.165) is 44.6 Å². The molecule has 2 aromatic heterocycles. The summed E-state index contributed by atoms with van der Waals surface area (Å²) in [5, 5.41) is 4.38. The van der Waals surface area contributed by atoms with Crippen molar-refractivity contribution in [3.8, 4) is 5.75 Å². The van der Waals surface area contributed by atoms with Gasteiger partial charge in [0.1, 0.15) is 11.4 Å². The highest BCUT2D eigenvalue weighted by Gasteiger charge is 2.32. The summed E-state index contributed by atoms with van der Waals surface area (Å²) in [5.41, 5.74) is 3.08. The molecule has 0 unspecified atom stereocenters. The monoisotopic (exact) mass is 449 g/mol. The first-order chi connectivity index (χ1) is 15.6. The number of amides is 1. The van der Waals surface area contributed by atoms with Crippen molar-refractivity contribution in [2.75, 3.05) is 27.2 Å². The molecule has 3 heterocycles. The van der Waals surface area contributed by atoms with Crippen molar-refractivity contribution >= 4 is 17.2 Å². The SMILES string of the molecule is COc1cccc(C[C@H](C2CCN(Cc3ccsc3)CC2)N(C)C(=O)c2ccccn2)c1. The van der Waals surface area contributed by atoms with Crippen molar-refractivity contribution in [2.45, 2.75) is 31.8 Å². The van der Waals surface area contributed by atoms with Crippen LogP contribution in [-0.4, -0.2) is 54.0 Å². The van der Waals surface area contributed by atoms with Gasteiger partial charge in [-0.1, -0.05) is 18.2 Å². The normalized spacial score (nSPS) is 15.9. The van der Waals surface area contributed by atoms with Crippen molar-refractivity contribution in [3.63, 3.8) is 0 Å². The van der Waals surface area contributed by atoms with Gasteiger partial charge in [-0.3, -0.25) is 14.7 Å². The van der Waals surface area contributed by atoms with Gasteiger partial charge in [0.2, 0.25) is 0 Å². The van der Waals surface area contributed by atoms with Gasteiger partial charge in [-0.25, -0.2) is 0 Å². The predicted molar refractivity (Wildman–Crippen MR) is 129 cm³/mol. The maximum absolute atomic E-state index is 13.2. The topological polar surface area (TPSA) is 45.7 Å². The standard InChI is InChI=1S/C26H31N3O2S/c1-28(26(30)24-8-3-4-12-27-24)25(17-20-6-5-7-23(16-20)31-2)22-9-13-29(14-10-22)18-21-11-15-32-19-21/h3-8,11-12,15-16,19,22,25H,9-10,13-14,17-18H2,1-2H3/t25-/m1/s1. The minimum Gasteiger partial charge on any atom is -0.497 e. The second-order valence-electron chi connectivity index (χ2n) is 8.50. The van der Waals surface area contributed by atoms with Crippen LogP contribution < -0.4 is 4.74 Å². The second-order valence-corrected chi connectivity index (χ2v) is 9.28. The number of carbonyl (C=O) groups is 1. The van der Waals surface area contributed by atoms with Gasteiger partial charge in [0.15, 0.2) is 0 Å². The number of piperidine rings is 1. The molecule has 0 saturated carbocycles. The zero-order valence-corrected chi connectivity index (χ0v) is 19.6. The quantitative estimate of drug-likeness (QED) is 0.498. The Bertz CT molecular complexity index is 985. The van der Waals surface area contributed by atoms with Crippen LogP contribution in [0.3, 0.4) is 0 Å². The average Bonchev–Trinajstić information content (AvgIpc) is 3.36. The maximum atomic E-state index is 13.2. The fourth-order valence-electron chi connectivity index (χ4n) is 4.62. The molecule has 0 bridgehead atoms. The van der Waals surface area contributed by atoms with Gasteiger partial charge in [0.05, 0.1) is 7.11 Å². The van der Waals surface area contributed by atoms with Gasteiger partial charge in [0, 0.05) is 25.8 Å². The molecule has 6 heteroatoms. The molecule has 3 aromatic rings. The fourth-order valence-corrected chi connectivity index (χ4v) is 5.28. The minimum atomic E-state index is -0.0146. The van der Waals surface area contributed by atoms with E-state index in [1.165, 1.54) is 11.1 Å². The molecule has 4 rings (SSSR count). The Hall–Kier alpha value is -2.70. The molecule has 1 atom stereocenters. The Labute approximate surface area is 194 Å². The van der Waals surface area contributed by atoms with Crippen molar-refractivity contribution in [3.05, 3.63) is 82.3 Å². The predicted octanol–water partition coefficient (Wildman–Crippen LogP) is 4.75. The van der Waals surface area contributed by atoms with Crippen molar-refractivity contribution in [1.29, 1.82) is 0 Å². The maximum Gasteiger partial charge on any atom is 0.272 e. The van der Waals surface area contributed by atoms with Crippen LogP contribution in [0.2, 0.25) is 0 Å². The van der Waals surface area contributed by atoms with E-state index in [4.69, 9.17) is 4.74 Å². The summed E-state index contributed by atoms with van der Waals surface area (Å²) in [4.78, 5) is 22.0. The van der Waals surface area contributed by atoms with E-state index in [2.05, 4.69) is 38.8 Å². The average molecular weight is 450 g/mol. The van der Waals surface area contributed by atoms with Crippen LogP contribution in [0.4, 0.5) is 0 Å². The van der Waals surface area contributed by atoms with Crippen LogP contribution in [-0.2, 0) is 13.0 Å². The first-order valence-electron chi connectivity index (χ1n) is 11.2. The molecule has 0 aliphatic carbocycles. The van der Waals surface area contributed by atoms with E-state index in [1.807, 2.05) is 36.2 Å². The third-order valence-corrected chi connectivity index (χ3v) is 7.18. The van der Waals surface area contributed by atoms with Gasteiger partial charge >= 0.3 is 0 Å². The van der Waals surface area contributed by atoms with Crippen LogP contribution >= 0.6 is 11.3 Å². The van der Waals surface area contributed by atoms with Crippen molar-refractivity contribution in [2.24, 2.45) is 5.92 Å². The van der Waals surface area contributed by atoms with E-state index in [1.54, 1.807) is 30.7 Å². The number of hydrogen-bond donors (Lipinski definition) is 0. The molecule has 1 amide bonds. The van der Waals surface area contributed by atoms with E-state index < -0.39 is 0 Å². The van der Waals surface area contributed by atoms with Crippen molar-refractivity contribution in [1.82, 2.24) is 14.8 Å². The second kappa shape index (κ2) is 10.7. The molecule has 1 fully saturated rings. The summed E-state index contributed by atoms with van der Waals surface area (Å²) in [5.74, 6) is 1.28. The zero-order valence-electron chi connectivity index (χ0n) is 18.8. The van der Waals surface area contributed by atoms with E-state index >= 15 is 0 Å². The Balaban J connectivity index is 1.49. The molecule has 1 aromatic carbocycles. The molecule has 1 aliphatic rings. The first kappa shape index (κ1) is 22.5. The van der Waals surface area contributed by atoms with Crippen LogP contribution in [0.1, 0.15) is 34.5 Å². The smallest absolute Gasteiger partial charge is 0.272 e. The lowest BCUT2D eigenvalue weighted by molar-refractivity contribution is 0.0579. The number of thiophene rings is 1. The number of likely N-dealkylation sites (N-methyl/N-ethyl adjacent to an activating group) is 1. The Morgan fingerprint density at radius 2 is 2.03 bits per heavy atom. The fraction of sp³-hybridized carbons (Fsp3) is 0.385. The number of rotatable bonds is 8. The highest BCUT2D eigenvalue weighted by Crippen LogP contribution is 2.29. The Morgan fingerprint density at radius 3 is 2.72 bits per heavy atom. The number of aromatic nitrogens is 1. The molecule has 0 N–H and O–H groups in total. The van der Waals surface area contributed by atoms with Gasteiger partial charge in [-0.2, -0.15) is 11.3 Å². The van der Waals surface area contributed by atoms with Gasteiger partial charge in [0.25, 0.3) is 5.91 Å². The lowest BCUT2D eigenvalue weighted by Crippen LogP contribution is -2.47. The highest BCUT2D eigenvalue weighted by atomic mass is 32.1. The molecular formula is C26H31N3O2S. The summed E-state index contributed by atoms with van der Waals surface area (Å²) < 4.78 is 5.43. The van der Waals surface area contributed by atoms with Gasteiger partial charge in [-0.15, -0.1) is 0 Å². The third kappa shape index (κ3) is 5.56. The Morgan fingerprint density at radius 1 is 1.19 bits per heavy atom. The summed E-state index contributed by atoms with van der Waals surface area (Å²) >= 11 is 1.76.